The monoisotopic (exact) mass is 220 g/mol. The molecule has 0 saturated heterocycles. The van der Waals surface area contributed by atoms with Crippen LogP contribution in [0.1, 0.15) is 37.3 Å². The molecule has 1 aromatic rings. The molecule has 1 aliphatic rings. The van der Waals surface area contributed by atoms with E-state index in [1.54, 1.807) is 7.11 Å². The molecule has 0 amide bonds. The molecule has 2 unspecified atom stereocenters. The molecule has 0 saturated carbocycles. The third kappa shape index (κ3) is 1.77. The van der Waals surface area contributed by atoms with Crippen molar-refractivity contribution < 1.29 is 9.47 Å². The molecule has 16 heavy (non-hydrogen) atoms. The Morgan fingerprint density at radius 2 is 2.19 bits per heavy atom. The van der Waals surface area contributed by atoms with E-state index in [9.17, 15) is 0 Å². The second kappa shape index (κ2) is 4.36. The molecule has 0 aromatic heterocycles. The van der Waals surface area contributed by atoms with E-state index < -0.39 is 0 Å². The summed E-state index contributed by atoms with van der Waals surface area (Å²) in [6.45, 7) is 7.40. The van der Waals surface area contributed by atoms with Crippen LogP contribution in [0.5, 0.6) is 11.5 Å². The normalized spacial score (nSPS) is 23.5. The van der Waals surface area contributed by atoms with Crippen molar-refractivity contribution in [1.29, 1.82) is 0 Å². The summed E-state index contributed by atoms with van der Waals surface area (Å²) in [5.41, 5.74) is 2.56. The molecule has 0 aliphatic carbocycles. The van der Waals surface area contributed by atoms with E-state index in [0.717, 1.165) is 24.5 Å². The number of methoxy groups -OCH3 is 1. The molecule has 88 valence electrons. The van der Waals surface area contributed by atoms with Crippen molar-refractivity contribution in [2.45, 2.75) is 33.1 Å². The predicted molar refractivity (Wildman–Crippen MR) is 65.4 cm³/mol. The zero-order valence-electron chi connectivity index (χ0n) is 10.5. The SMILES string of the molecule is CCC1c2cc(C)cc(OC)c2OCC1C. The highest BCUT2D eigenvalue weighted by Crippen LogP contribution is 2.44. The summed E-state index contributed by atoms with van der Waals surface area (Å²) in [5.74, 6) is 3.01. The molecule has 1 aliphatic heterocycles. The Hall–Kier alpha value is -1.18. The molecule has 2 nitrogen and oxygen atoms in total. The number of benzene rings is 1. The number of hydrogen-bond donors (Lipinski definition) is 0. The van der Waals surface area contributed by atoms with Gasteiger partial charge in [0.05, 0.1) is 13.7 Å². The maximum absolute atomic E-state index is 5.82. The summed E-state index contributed by atoms with van der Waals surface area (Å²) in [5, 5.41) is 0. The summed E-state index contributed by atoms with van der Waals surface area (Å²) >= 11 is 0. The van der Waals surface area contributed by atoms with Crippen LogP contribution in [0.4, 0.5) is 0 Å². The van der Waals surface area contributed by atoms with Crippen molar-refractivity contribution in [1.82, 2.24) is 0 Å². The van der Waals surface area contributed by atoms with Crippen LogP contribution in [0.2, 0.25) is 0 Å². The molecule has 2 atom stereocenters. The van der Waals surface area contributed by atoms with Gasteiger partial charge in [0.2, 0.25) is 0 Å². The van der Waals surface area contributed by atoms with E-state index in [1.807, 2.05) is 6.07 Å². The average molecular weight is 220 g/mol. The molecule has 0 radical (unpaired) electrons. The second-order valence-electron chi connectivity index (χ2n) is 4.69. The Kier molecular flexibility index (Phi) is 3.08. The van der Waals surface area contributed by atoms with Crippen LogP contribution in [0.25, 0.3) is 0 Å². The van der Waals surface area contributed by atoms with Crippen molar-refractivity contribution in [2.75, 3.05) is 13.7 Å². The number of rotatable bonds is 2. The lowest BCUT2D eigenvalue weighted by Gasteiger charge is -2.32. The number of aryl methyl sites for hydroxylation is 1. The topological polar surface area (TPSA) is 18.5 Å². The van der Waals surface area contributed by atoms with Gasteiger partial charge in [-0.1, -0.05) is 19.9 Å². The van der Waals surface area contributed by atoms with Gasteiger partial charge in [0, 0.05) is 5.56 Å². The summed E-state index contributed by atoms with van der Waals surface area (Å²) in [4.78, 5) is 0. The smallest absolute Gasteiger partial charge is 0.164 e. The molecule has 2 rings (SSSR count). The Morgan fingerprint density at radius 1 is 1.44 bits per heavy atom. The minimum absolute atomic E-state index is 0.587. The fourth-order valence-corrected chi connectivity index (χ4v) is 2.61. The van der Waals surface area contributed by atoms with Gasteiger partial charge in [-0.2, -0.15) is 0 Å². The molecular weight excluding hydrogens is 200 g/mol. The van der Waals surface area contributed by atoms with Crippen molar-refractivity contribution in [3.05, 3.63) is 23.3 Å². The highest BCUT2D eigenvalue weighted by molar-refractivity contribution is 5.52. The first kappa shape index (κ1) is 11.3. The van der Waals surface area contributed by atoms with E-state index >= 15 is 0 Å². The summed E-state index contributed by atoms with van der Waals surface area (Å²) in [6, 6.07) is 4.28. The largest absolute Gasteiger partial charge is 0.493 e. The zero-order valence-corrected chi connectivity index (χ0v) is 10.5. The van der Waals surface area contributed by atoms with Crippen LogP contribution >= 0.6 is 0 Å². The third-order valence-corrected chi connectivity index (χ3v) is 3.46. The first-order valence-corrected chi connectivity index (χ1v) is 5.98. The van der Waals surface area contributed by atoms with Gasteiger partial charge >= 0.3 is 0 Å². The minimum atomic E-state index is 0.587. The Bertz CT molecular complexity index is 385. The van der Waals surface area contributed by atoms with E-state index in [0.29, 0.717) is 11.8 Å². The first-order valence-electron chi connectivity index (χ1n) is 5.98. The Labute approximate surface area is 97.6 Å². The minimum Gasteiger partial charge on any atom is -0.493 e. The lowest BCUT2D eigenvalue weighted by Crippen LogP contribution is -2.23. The lowest BCUT2D eigenvalue weighted by atomic mass is 9.82. The lowest BCUT2D eigenvalue weighted by molar-refractivity contribution is 0.194. The van der Waals surface area contributed by atoms with Crippen LogP contribution in [0.3, 0.4) is 0 Å². The number of ether oxygens (including phenoxy) is 2. The van der Waals surface area contributed by atoms with E-state index in [-0.39, 0.29) is 0 Å². The van der Waals surface area contributed by atoms with Crippen molar-refractivity contribution in [2.24, 2.45) is 5.92 Å². The Balaban J connectivity index is 2.52. The van der Waals surface area contributed by atoms with Crippen molar-refractivity contribution in [3.8, 4) is 11.5 Å². The standard InChI is InChI=1S/C14H20O2/c1-5-11-10(3)8-16-14-12(11)6-9(2)7-13(14)15-4/h6-7,10-11H,5,8H2,1-4H3. The zero-order chi connectivity index (χ0) is 11.7. The van der Waals surface area contributed by atoms with E-state index in [2.05, 4.69) is 26.8 Å². The molecule has 1 heterocycles. The average Bonchev–Trinajstić information content (AvgIpc) is 2.27. The molecule has 0 fully saturated rings. The van der Waals surface area contributed by atoms with Crippen LogP contribution in [-0.2, 0) is 0 Å². The van der Waals surface area contributed by atoms with Gasteiger partial charge in [0.15, 0.2) is 11.5 Å². The van der Waals surface area contributed by atoms with Crippen LogP contribution in [-0.4, -0.2) is 13.7 Å². The molecule has 0 spiro atoms. The van der Waals surface area contributed by atoms with Gasteiger partial charge in [0.1, 0.15) is 0 Å². The predicted octanol–water partition coefficient (Wildman–Crippen LogP) is 3.53. The highest BCUT2D eigenvalue weighted by Gasteiger charge is 2.28. The molecule has 0 bridgehead atoms. The summed E-state index contributed by atoms with van der Waals surface area (Å²) in [7, 11) is 1.71. The van der Waals surface area contributed by atoms with Gasteiger partial charge in [0.25, 0.3) is 0 Å². The van der Waals surface area contributed by atoms with Gasteiger partial charge < -0.3 is 9.47 Å². The fourth-order valence-electron chi connectivity index (χ4n) is 2.61. The quantitative estimate of drug-likeness (QED) is 0.759. The Morgan fingerprint density at radius 3 is 2.81 bits per heavy atom. The summed E-state index contributed by atoms with van der Waals surface area (Å²) in [6.07, 6.45) is 1.16. The molecular formula is C14H20O2. The van der Waals surface area contributed by atoms with Crippen LogP contribution in [0.15, 0.2) is 12.1 Å². The fraction of sp³-hybridized carbons (Fsp3) is 0.571. The molecule has 2 heteroatoms. The second-order valence-corrected chi connectivity index (χ2v) is 4.69. The summed E-state index contributed by atoms with van der Waals surface area (Å²) < 4.78 is 11.2. The van der Waals surface area contributed by atoms with Crippen LogP contribution < -0.4 is 9.47 Å². The number of hydrogen-bond acceptors (Lipinski definition) is 2. The van der Waals surface area contributed by atoms with Gasteiger partial charge in [-0.05, 0) is 36.8 Å². The van der Waals surface area contributed by atoms with E-state index in [4.69, 9.17) is 9.47 Å². The van der Waals surface area contributed by atoms with Gasteiger partial charge in [-0.3, -0.25) is 0 Å². The van der Waals surface area contributed by atoms with E-state index in [1.165, 1.54) is 11.1 Å². The van der Waals surface area contributed by atoms with Crippen molar-refractivity contribution >= 4 is 0 Å². The van der Waals surface area contributed by atoms with Gasteiger partial charge in [-0.25, -0.2) is 0 Å². The third-order valence-electron chi connectivity index (χ3n) is 3.46. The van der Waals surface area contributed by atoms with Crippen molar-refractivity contribution in [3.63, 3.8) is 0 Å². The highest BCUT2D eigenvalue weighted by atomic mass is 16.5. The molecule has 0 N–H and O–H groups in total. The maximum atomic E-state index is 5.82. The maximum Gasteiger partial charge on any atom is 0.164 e. The first-order chi connectivity index (χ1) is 7.67. The number of fused-ring (bicyclic) bond motifs is 1. The van der Waals surface area contributed by atoms with Gasteiger partial charge in [-0.15, -0.1) is 0 Å². The molecule has 1 aromatic carbocycles. The van der Waals surface area contributed by atoms with Crippen LogP contribution in [0, 0.1) is 12.8 Å².